The van der Waals surface area contributed by atoms with Crippen molar-refractivity contribution >= 4 is 39.6 Å². The Bertz CT molecular complexity index is 1380. The summed E-state index contributed by atoms with van der Waals surface area (Å²) in [5.41, 5.74) is 1.33. The minimum Gasteiger partial charge on any atom is -0.497 e. The largest absolute Gasteiger partial charge is 0.497 e. The van der Waals surface area contributed by atoms with Crippen molar-refractivity contribution in [1.29, 1.82) is 5.26 Å². The molecule has 142 valence electrons. The van der Waals surface area contributed by atoms with Gasteiger partial charge in [-0.3, -0.25) is 14.0 Å². The second-order valence-electron chi connectivity index (χ2n) is 6.22. The first-order valence-corrected chi connectivity index (χ1v) is 9.75. The number of ether oxygens (including phenoxy) is 1. The molecule has 2 aromatic carbocycles. The number of benzene rings is 2. The van der Waals surface area contributed by atoms with Gasteiger partial charge in [0.05, 0.1) is 22.9 Å². The number of carbonyl (C=O) groups excluding carboxylic acids is 1. The number of halogens is 1. The molecule has 29 heavy (non-hydrogen) atoms. The van der Waals surface area contributed by atoms with Crippen LogP contribution in [0.5, 0.6) is 5.75 Å². The van der Waals surface area contributed by atoms with Gasteiger partial charge in [-0.25, -0.2) is 0 Å². The number of hydrogen-bond donors (Lipinski definition) is 0. The van der Waals surface area contributed by atoms with E-state index >= 15 is 0 Å². The summed E-state index contributed by atoms with van der Waals surface area (Å²) in [7, 11) is 1.58. The summed E-state index contributed by atoms with van der Waals surface area (Å²) in [6.45, 7) is 0. The van der Waals surface area contributed by atoms with Crippen LogP contribution < -0.4 is 14.8 Å². The number of aromatic nitrogens is 1. The number of rotatable bonds is 4. The van der Waals surface area contributed by atoms with Gasteiger partial charge in [0, 0.05) is 10.6 Å². The minimum atomic E-state index is -0.343. The fourth-order valence-electron chi connectivity index (χ4n) is 2.99. The first-order chi connectivity index (χ1) is 14.0. The molecule has 0 fully saturated rings. The van der Waals surface area contributed by atoms with Crippen LogP contribution >= 0.6 is 22.9 Å². The summed E-state index contributed by atoms with van der Waals surface area (Å²) < 4.78 is 6.89. The number of ketones is 1. The normalized spacial score (nSPS) is 11.6. The van der Waals surface area contributed by atoms with Crippen LogP contribution in [0.25, 0.3) is 10.9 Å². The van der Waals surface area contributed by atoms with Crippen molar-refractivity contribution in [2.24, 2.45) is 0 Å². The minimum absolute atomic E-state index is 0.162. The molecule has 0 atom stereocenters. The molecular formula is C22H13ClN2O3S. The van der Waals surface area contributed by atoms with Crippen molar-refractivity contribution in [1.82, 2.24) is 4.40 Å². The van der Waals surface area contributed by atoms with Gasteiger partial charge in [-0.05, 0) is 54.1 Å². The highest BCUT2D eigenvalue weighted by atomic mass is 35.5. The molecular weight excluding hydrogens is 408 g/mol. The van der Waals surface area contributed by atoms with E-state index in [0.717, 1.165) is 5.56 Å². The molecule has 2 heterocycles. The molecule has 0 N–H and O–H groups in total. The van der Waals surface area contributed by atoms with Gasteiger partial charge in [-0.1, -0.05) is 23.7 Å². The lowest BCUT2D eigenvalue weighted by Gasteiger charge is -2.00. The second kappa shape index (κ2) is 7.55. The fraction of sp³-hybridized carbons (Fsp3) is 0.0455. The van der Waals surface area contributed by atoms with Crippen LogP contribution in [0.15, 0.2) is 59.4 Å². The monoisotopic (exact) mass is 420 g/mol. The molecule has 5 nitrogen and oxygen atoms in total. The predicted molar refractivity (Wildman–Crippen MR) is 113 cm³/mol. The number of nitriles is 1. The number of thiazole rings is 1. The Kier molecular flexibility index (Phi) is 4.93. The average Bonchev–Trinajstić information content (AvgIpc) is 3.26. The summed E-state index contributed by atoms with van der Waals surface area (Å²) in [6.07, 6.45) is 1.73. The Balaban J connectivity index is 1.88. The highest BCUT2D eigenvalue weighted by molar-refractivity contribution is 7.15. The van der Waals surface area contributed by atoms with Gasteiger partial charge < -0.3 is 4.74 Å². The molecule has 0 aliphatic heterocycles. The molecule has 0 saturated heterocycles. The maximum atomic E-state index is 13.0. The molecule has 4 rings (SSSR count). The summed E-state index contributed by atoms with van der Waals surface area (Å²) in [4.78, 5) is 26.4. The molecule has 0 aliphatic carbocycles. The molecule has 0 saturated carbocycles. The number of carbonyl (C=O) groups is 1. The average molecular weight is 421 g/mol. The zero-order valence-electron chi connectivity index (χ0n) is 15.2. The SMILES string of the molecule is COc1ccc(C=c2sc3c(C#N)cc(C(=O)c4ccc(Cl)cc4)n3c2=O)cc1. The Morgan fingerprint density at radius 2 is 1.86 bits per heavy atom. The second-order valence-corrected chi connectivity index (χ2v) is 7.69. The molecule has 0 radical (unpaired) electrons. The van der Waals surface area contributed by atoms with Gasteiger partial charge in [-0.15, -0.1) is 11.3 Å². The van der Waals surface area contributed by atoms with E-state index in [1.54, 1.807) is 49.6 Å². The summed E-state index contributed by atoms with van der Waals surface area (Å²) >= 11 is 7.07. The van der Waals surface area contributed by atoms with E-state index in [4.69, 9.17) is 16.3 Å². The summed E-state index contributed by atoms with van der Waals surface area (Å²) in [5.74, 6) is 0.371. The van der Waals surface area contributed by atoms with E-state index in [2.05, 4.69) is 6.07 Å². The van der Waals surface area contributed by atoms with E-state index in [9.17, 15) is 14.9 Å². The van der Waals surface area contributed by atoms with Crippen molar-refractivity contribution in [2.75, 3.05) is 7.11 Å². The van der Waals surface area contributed by atoms with Gasteiger partial charge in [0.15, 0.2) is 0 Å². The van der Waals surface area contributed by atoms with E-state index < -0.39 is 0 Å². The number of methoxy groups -OCH3 is 1. The van der Waals surface area contributed by atoms with Gasteiger partial charge in [0.1, 0.15) is 16.6 Å². The standard InChI is InChI=1S/C22H13ClN2O3S/c1-28-17-8-2-13(3-9-17)10-19-21(27)25-18(11-15(12-24)22(25)29-19)20(26)14-4-6-16(23)7-5-14/h2-11H,1H3. The predicted octanol–water partition coefficient (Wildman–Crippen LogP) is 3.67. The van der Waals surface area contributed by atoms with E-state index in [-0.39, 0.29) is 17.0 Å². The van der Waals surface area contributed by atoms with Crippen molar-refractivity contribution < 1.29 is 9.53 Å². The molecule has 0 spiro atoms. The van der Waals surface area contributed by atoms with Crippen LogP contribution in [0.3, 0.4) is 0 Å². The van der Waals surface area contributed by atoms with Crippen molar-refractivity contribution in [2.45, 2.75) is 0 Å². The fourth-order valence-corrected chi connectivity index (χ4v) is 4.19. The molecule has 0 bridgehead atoms. The van der Waals surface area contributed by atoms with Gasteiger partial charge >= 0.3 is 0 Å². The van der Waals surface area contributed by atoms with Crippen molar-refractivity contribution in [3.8, 4) is 11.8 Å². The van der Waals surface area contributed by atoms with E-state index in [1.807, 2.05) is 12.1 Å². The van der Waals surface area contributed by atoms with Crippen LogP contribution in [0.1, 0.15) is 27.2 Å². The molecule has 0 unspecified atom stereocenters. The third-order valence-corrected chi connectivity index (χ3v) is 5.81. The zero-order valence-corrected chi connectivity index (χ0v) is 16.8. The molecule has 2 aromatic heterocycles. The van der Waals surface area contributed by atoms with E-state index in [0.29, 0.717) is 31.3 Å². The van der Waals surface area contributed by atoms with Crippen LogP contribution in [0.2, 0.25) is 5.02 Å². The van der Waals surface area contributed by atoms with Gasteiger partial charge in [0.25, 0.3) is 5.56 Å². The highest BCUT2D eigenvalue weighted by Gasteiger charge is 2.21. The highest BCUT2D eigenvalue weighted by Crippen LogP contribution is 2.21. The lowest BCUT2D eigenvalue weighted by atomic mass is 10.1. The first-order valence-electron chi connectivity index (χ1n) is 8.56. The number of fused-ring (bicyclic) bond motifs is 1. The maximum Gasteiger partial charge on any atom is 0.273 e. The van der Waals surface area contributed by atoms with Crippen LogP contribution in [-0.4, -0.2) is 17.3 Å². The third-order valence-electron chi connectivity index (χ3n) is 4.45. The lowest BCUT2D eigenvalue weighted by molar-refractivity contribution is 0.103. The van der Waals surface area contributed by atoms with Crippen molar-refractivity contribution in [3.05, 3.63) is 96.9 Å². The Hall–Kier alpha value is -3.40. The van der Waals surface area contributed by atoms with Crippen molar-refractivity contribution in [3.63, 3.8) is 0 Å². The summed E-state index contributed by atoms with van der Waals surface area (Å²) in [5, 5.41) is 9.98. The molecule has 0 aliphatic rings. The number of hydrogen-bond acceptors (Lipinski definition) is 5. The molecule has 7 heteroatoms. The number of nitrogens with zero attached hydrogens (tertiary/aromatic N) is 2. The Morgan fingerprint density at radius 1 is 1.17 bits per heavy atom. The topological polar surface area (TPSA) is 71.6 Å². The van der Waals surface area contributed by atoms with Gasteiger partial charge in [0.2, 0.25) is 5.78 Å². The Labute approximate surface area is 174 Å². The van der Waals surface area contributed by atoms with E-state index in [1.165, 1.54) is 21.8 Å². The first kappa shape index (κ1) is 18.9. The molecule has 4 aromatic rings. The van der Waals surface area contributed by atoms with Gasteiger partial charge in [-0.2, -0.15) is 5.26 Å². The summed E-state index contributed by atoms with van der Waals surface area (Å²) in [6, 6.07) is 17.2. The third kappa shape index (κ3) is 3.42. The Morgan fingerprint density at radius 3 is 2.48 bits per heavy atom. The van der Waals surface area contributed by atoms with Crippen LogP contribution in [0.4, 0.5) is 0 Å². The quantitative estimate of drug-likeness (QED) is 0.472. The molecule has 0 amide bonds. The smallest absolute Gasteiger partial charge is 0.273 e. The lowest BCUT2D eigenvalue weighted by Crippen LogP contribution is -2.25. The maximum absolute atomic E-state index is 13.0. The zero-order chi connectivity index (χ0) is 20.5. The van der Waals surface area contributed by atoms with Crippen LogP contribution in [-0.2, 0) is 0 Å². The van der Waals surface area contributed by atoms with Crippen LogP contribution in [0, 0.1) is 11.3 Å².